The van der Waals surface area contributed by atoms with Gasteiger partial charge in [0.25, 0.3) is 0 Å². The smallest absolute Gasteiger partial charge is 0.0708 e. The van der Waals surface area contributed by atoms with Crippen LogP contribution in [0.3, 0.4) is 0 Å². The van der Waals surface area contributed by atoms with E-state index in [1.165, 1.54) is 55.6 Å². The summed E-state index contributed by atoms with van der Waals surface area (Å²) < 4.78 is 0. The fourth-order valence-electron chi connectivity index (χ4n) is 7.77. The Labute approximate surface area is 308 Å². The fraction of sp³-hybridized carbons (Fsp3) is 0.0588. The first kappa shape index (κ1) is 32.7. The summed E-state index contributed by atoms with van der Waals surface area (Å²) in [7, 11) is 0. The van der Waals surface area contributed by atoms with Crippen LogP contribution in [0.2, 0.25) is 0 Å². The Morgan fingerprint density at radius 1 is 0.500 bits per heavy atom. The van der Waals surface area contributed by atoms with Crippen molar-refractivity contribution in [1.29, 1.82) is 0 Å². The van der Waals surface area contributed by atoms with Gasteiger partial charge in [-0.05, 0) is 106 Å². The van der Waals surface area contributed by atoms with Crippen molar-refractivity contribution in [1.82, 2.24) is 0 Å². The number of nitrogens with zero attached hydrogens (tertiary/aromatic N) is 1. The lowest BCUT2D eigenvalue weighted by Crippen LogP contribution is -2.28. The zero-order valence-corrected chi connectivity index (χ0v) is 29.7. The second-order valence-corrected chi connectivity index (χ2v) is 13.5. The molecule has 0 amide bonds. The van der Waals surface area contributed by atoms with E-state index in [0.717, 1.165) is 22.6 Å². The SMILES string of the molecule is C=C(/C=C\C=C/C)C1(c2ccc(C)cc2)c2ccccc2-c2ccc(N(c3ccc(-c4ccccc4)cc3)c3ccc(-c4ccccc4)cc3)cc21. The summed E-state index contributed by atoms with van der Waals surface area (Å²) in [5.41, 5.74) is 15.9. The Morgan fingerprint density at radius 2 is 1.00 bits per heavy atom. The highest BCUT2D eigenvalue weighted by molar-refractivity contribution is 5.90. The molecule has 0 N–H and O–H groups in total. The lowest BCUT2D eigenvalue weighted by atomic mass is 9.67. The van der Waals surface area contributed by atoms with Crippen LogP contribution in [-0.4, -0.2) is 0 Å². The molecule has 52 heavy (non-hydrogen) atoms. The van der Waals surface area contributed by atoms with Gasteiger partial charge < -0.3 is 4.90 Å². The van der Waals surface area contributed by atoms with Gasteiger partial charge in [0, 0.05) is 17.1 Å². The molecule has 0 heterocycles. The summed E-state index contributed by atoms with van der Waals surface area (Å²) in [6, 6.07) is 63.8. The third kappa shape index (κ3) is 5.81. The Morgan fingerprint density at radius 3 is 1.58 bits per heavy atom. The van der Waals surface area contributed by atoms with Crippen LogP contribution in [0.1, 0.15) is 29.2 Å². The third-order valence-corrected chi connectivity index (χ3v) is 10.3. The number of hydrogen-bond acceptors (Lipinski definition) is 1. The molecule has 1 aliphatic carbocycles. The van der Waals surface area contributed by atoms with E-state index >= 15 is 0 Å². The van der Waals surface area contributed by atoms with Gasteiger partial charge in [0.1, 0.15) is 0 Å². The van der Waals surface area contributed by atoms with Gasteiger partial charge in [0.05, 0.1) is 5.41 Å². The van der Waals surface area contributed by atoms with Crippen LogP contribution in [0, 0.1) is 6.92 Å². The monoisotopic (exact) mass is 667 g/mol. The van der Waals surface area contributed by atoms with Crippen molar-refractivity contribution >= 4 is 17.1 Å². The highest BCUT2D eigenvalue weighted by Crippen LogP contribution is 2.57. The van der Waals surface area contributed by atoms with Crippen LogP contribution in [0.4, 0.5) is 17.1 Å². The quantitative estimate of drug-likeness (QED) is 0.139. The summed E-state index contributed by atoms with van der Waals surface area (Å²) in [5, 5.41) is 0. The zero-order chi connectivity index (χ0) is 35.5. The van der Waals surface area contributed by atoms with Crippen molar-refractivity contribution in [2.24, 2.45) is 0 Å². The molecule has 1 unspecified atom stereocenters. The van der Waals surface area contributed by atoms with E-state index in [0.29, 0.717) is 0 Å². The summed E-state index contributed by atoms with van der Waals surface area (Å²) in [5.74, 6) is 0. The molecule has 7 aromatic rings. The fourth-order valence-corrected chi connectivity index (χ4v) is 7.77. The first-order valence-electron chi connectivity index (χ1n) is 18.0. The maximum atomic E-state index is 4.81. The molecular formula is C51H41N. The number of fused-ring (bicyclic) bond motifs is 3. The van der Waals surface area contributed by atoms with Crippen molar-refractivity contribution in [3.63, 3.8) is 0 Å². The molecule has 0 spiro atoms. The van der Waals surface area contributed by atoms with Crippen molar-refractivity contribution in [3.05, 3.63) is 235 Å². The minimum atomic E-state index is -0.576. The summed E-state index contributed by atoms with van der Waals surface area (Å²) in [6.45, 7) is 9.00. The molecule has 1 heteroatoms. The van der Waals surface area contributed by atoms with Gasteiger partial charge in [-0.2, -0.15) is 0 Å². The molecule has 0 aliphatic heterocycles. The third-order valence-electron chi connectivity index (χ3n) is 10.3. The van der Waals surface area contributed by atoms with Gasteiger partial charge in [0.2, 0.25) is 0 Å². The van der Waals surface area contributed by atoms with Crippen LogP contribution < -0.4 is 4.90 Å². The molecule has 0 aromatic heterocycles. The van der Waals surface area contributed by atoms with Crippen LogP contribution >= 0.6 is 0 Å². The van der Waals surface area contributed by atoms with Gasteiger partial charge in [-0.15, -0.1) is 0 Å². The summed E-state index contributed by atoms with van der Waals surface area (Å²) in [6.07, 6.45) is 8.42. The lowest BCUT2D eigenvalue weighted by molar-refractivity contribution is 0.770. The number of rotatable bonds is 9. The predicted octanol–water partition coefficient (Wildman–Crippen LogP) is 13.8. The Hall–Kier alpha value is -6.44. The number of aryl methyl sites for hydroxylation is 1. The van der Waals surface area contributed by atoms with Crippen LogP contribution in [-0.2, 0) is 5.41 Å². The molecule has 8 rings (SSSR count). The molecule has 0 saturated carbocycles. The maximum absolute atomic E-state index is 4.81. The van der Waals surface area contributed by atoms with Gasteiger partial charge in [0.15, 0.2) is 0 Å². The minimum absolute atomic E-state index is 0.576. The van der Waals surface area contributed by atoms with E-state index in [4.69, 9.17) is 6.58 Å². The lowest BCUT2D eigenvalue weighted by Gasteiger charge is -2.35. The van der Waals surface area contributed by atoms with Gasteiger partial charge >= 0.3 is 0 Å². The van der Waals surface area contributed by atoms with Crippen LogP contribution in [0.25, 0.3) is 33.4 Å². The topological polar surface area (TPSA) is 3.24 Å². The molecule has 0 bridgehead atoms. The van der Waals surface area contributed by atoms with Gasteiger partial charge in [-0.25, -0.2) is 0 Å². The number of allylic oxidation sites excluding steroid dienone is 5. The van der Waals surface area contributed by atoms with Crippen molar-refractivity contribution in [2.75, 3.05) is 4.90 Å². The number of benzene rings is 7. The van der Waals surface area contributed by atoms with E-state index in [-0.39, 0.29) is 0 Å². The zero-order valence-electron chi connectivity index (χ0n) is 29.7. The molecule has 250 valence electrons. The minimum Gasteiger partial charge on any atom is -0.310 e. The first-order chi connectivity index (χ1) is 25.6. The molecule has 0 fully saturated rings. The van der Waals surface area contributed by atoms with Crippen LogP contribution in [0.5, 0.6) is 0 Å². The highest BCUT2D eigenvalue weighted by atomic mass is 15.1. The van der Waals surface area contributed by atoms with Crippen LogP contribution in [0.15, 0.2) is 212 Å². The second kappa shape index (κ2) is 14.1. The summed E-state index contributed by atoms with van der Waals surface area (Å²) >= 11 is 0. The Bertz CT molecular complexity index is 2320. The van der Waals surface area contributed by atoms with Crippen molar-refractivity contribution in [3.8, 4) is 33.4 Å². The number of anilines is 3. The second-order valence-electron chi connectivity index (χ2n) is 13.5. The maximum Gasteiger partial charge on any atom is 0.0708 e. The van der Waals surface area contributed by atoms with Gasteiger partial charge in [-0.1, -0.05) is 176 Å². The Balaban J connectivity index is 1.33. The largest absolute Gasteiger partial charge is 0.310 e. The van der Waals surface area contributed by atoms with E-state index < -0.39 is 5.41 Å². The van der Waals surface area contributed by atoms with Crippen molar-refractivity contribution in [2.45, 2.75) is 19.3 Å². The van der Waals surface area contributed by atoms with E-state index in [2.05, 4.69) is 212 Å². The van der Waals surface area contributed by atoms with E-state index in [1.807, 2.05) is 6.92 Å². The first-order valence-corrected chi connectivity index (χ1v) is 18.0. The normalized spacial score (nSPS) is 14.7. The molecular weight excluding hydrogens is 627 g/mol. The predicted molar refractivity (Wildman–Crippen MR) is 222 cm³/mol. The average molecular weight is 668 g/mol. The Kier molecular flexibility index (Phi) is 8.85. The molecule has 7 aromatic carbocycles. The average Bonchev–Trinajstić information content (AvgIpc) is 3.50. The van der Waals surface area contributed by atoms with E-state index in [9.17, 15) is 0 Å². The van der Waals surface area contributed by atoms with E-state index in [1.54, 1.807) is 0 Å². The van der Waals surface area contributed by atoms with Crippen molar-refractivity contribution < 1.29 is 0 Å². The highest BCUT2D eigenvalue weighted by Gasteiger charge is 2.46. The number of hydrogen-bond donors (Lipinski definition) is 0. The molecule has 1 aliphatic rings. The molecule has 1 nitrogen and oxygen atoms in total. The standard InChI is InChI=1S/C51H41N/c1-4-5-8-15-38(3)51(43-28-22-37(2)23-29-43)49-21-14-13-20-47(49)48-35-34-46(36-50(48)51)52(44-30-24-41(25-31-44)39-16-9-6-10-17-39)45-32-26-42(27-33-45)40-18-11-7-12-19-40/h4-36H,3H2,1-2H3/b5-4-,15-8-. The van der Waals surface area contributed by atoms with Gasteiger partial charge in [-0.3, -0.25) is 0 Å². The molecule has 0 saturated heterocycles. The molecule has 0 radical (unpaired) electrons. The summed E-state index contributed by atoms with van der Waals surface area (Å²) in [4.78, 5) is 2.38. The molecule has 1 atom stereocenters.